The van der Waals surface area contributed by atoms with E-state index < -0.39 is 23.6 Å². The number of ether oxygens (including phenoxy) is 1. The predicted octanol–water partition coefficient (Wildman–Crippen LogP) is 0.671. The van der Waals surface area contributed by atoms with Crippen LogP contribution >= 0.6 is 11.8 Å². The second-order valence-corrected chi connectivity index (χ2v) is 5.62. The van der Waals surface area contributed by atoms with E-state index >= 15 is 0 Å². The average molecular weight is 276 g/mol. The third-order valence-electron chi connectivity index (χ3n) is 2.85. The monoisotopic (exact) mass is 276 g/mol. The fraction of sp³-hybridized carbons (Fsp3) is 0.818. The average Bonchev–Trinajstić information content (AvgIpc) is 2.70. The van der Waals surface area contributed by atoms with Crippen LogP contribution in [0.4, 0.5) is 4.79 Å². The van der Waals surface area contributed by atoms with Gasteiger partial charge in [0.1, 0.15) is 6.04 Å². The maximum absolute atomic E-state index is 11.7. The number of aliphatic carboxylic acids is 1. The van der Waals surface area contributed by atoms with Crippen LogP contribution < -0.4 is 10.6 Å². The Morgan fingerprint density at radius 1 is 1.56 bits per heavy atom. The van der Waals surface area contributed by atoms with E-state index in [0.29, 0.717) is 25.4 Å². The Morgan fingerprint density at radius 2 is 2.28 bits per heavy atom. The molecule has 1 fully saturated rings. The van der Waals surface area contributed by atoms with Crippen molar-refractivity contribution >= 4 is 23.8 Å². The minimum Gasteiger partial charge on any atom is -0.480 e. The van der Waals surface area contributed by atoms with Crippen LogP contribution in [0, 0.1) is 0 Å². The lowest BCUT2D eigenvalue weighted by Gasteiger charge is -2.25. The van der Waals surface area contributed by atoms with Crippen molar-refractivity contribution in [2.24, 2.45) is 0 Å². The van der Waals surface area contributed by atoms with Crippen molar-refractivity contribution in [2.75, 3.05) is 25.2 Å². The predicted molar refractivity (Wildman–Crippen MR) is 69.9 cm³/mol. The maximum atomic E-state index is 11.7. The lowest BCUT2D eigenvalue weighted by molar-refractivity contribution is -0.139. The Morgan fingerprint density at radius 3 is 2.78 bits per heavy atom. The van der Waals surface area contributed by atoms with Crippen molar-refractivity contribution in [3.05, 3.63) is 0 Å². The lowest BCUT2D eigenvalue weighted by atomic mass is 10.0. The molecule has 0 aromatic carbocycles. The summed E-state index contributed by atoms with van der Waals surface area (Å²) >= 11 is 1.55. The van der Waals surface area contributed by atoms with E-state index in [1.165, 1.54) is 0 Å². The third-order valence-corrected chi connectivity index (χ3v) is 3.49. The fourth-order valence-electron chi connectivity index (χ4n) is 1.73. The molecular weight excluding hydrogens is 256 g/mol. The Balaban J connectivity index is 2.43. The molecule has 0 saturated carbocycles. The zero-order chi connectivity index (χ0) is 13.6. The van der Waals surface area contributed by atoms with Crippen LogP contribution in [0.1, 0.15) is 19.8 Å². The summed E-state index contributed by atoms with van der Waals surface area (Å²) in [6, 6.07) is -1.29. The van der Waals surface area contributed by atoms with Crippen molar-refractivity contribution in [1.29, 1.82) is 0 Å². The van der Waals surface area contributed by atoms with Gasteiger partial charge in [0.05, 0.1) is 12.1 Å². The molecule has 2 atom stereocenters. The zero-order valence-electron chi connectivity index (χ0n) is 10.7. The van der Waals surface area contributed by atoms with Gasteiger partial charge in [-0.1, -0.05) is 0 Å². The zero-order valence-corrected chi connectivity index (χ0v) is 11.5. The summed E-state index contributed by atoms with van der Waals surface area (Å²) in [5.41, 5.74) is -0.396. The normalized spacial score (nSPS) is 24.6. The van der Waals surface area contributed by atoms with Gasteiger partial charge in [-0.15, -0.1) is 0 Å². The molecule has 7 heteroatoms. The molecule has 0 aliphatic carbocycles. The molecule has 1 rings (SSSR count). The second-order valence-electron chi connectivity index (χ2n) is 4.63. The number of carbonyl (C=O) groups excluding carboxylic acids is 1. The van der Waals surface area contributed by atoms with Crippen molar-refractivity contribution in [3.8, 4) is 0 Å². The number of rotatable bonds is 6. The molecule has 6 nitrogen and oxygen atoms in total. The summed E-state index contributed by atoms with van der Waals surface area (Å²) in [5, 5.41) is 14.3. The van der Waals surface area contributed by atoms with E-state index in [0.717, 1.165) is 6.42 Å². The van der Waals surface area contributed by atoms with E-state index in [1.807, 2.05) is 13.2 Å². The maximum Gasteiger partial charge on any atom is 0.326 e. The third kappa shape index (κ3) is 4.73. The van der Waals surface area contributed by atoms with Crippen molar-refractivity contribution < 1.29 is 19.4 Å². The molecule has 0 bridgehead atoms. The minimum atomic E-state index is -1.01. The number of thioether (sulfide) groups is 1. The Hall–Kier alpha value is -0.950. The SMILES string of the molecule is CSCC[C@@H](NC(=O)NC1(C)CCOC1)C(=O)O. The van der Waals surface area contributed by atoms with Crippen LogP contribution in [-0.4, -0.2) is 53.9 Å². The topological polar surface area (TPSA) is 87.7 Å². The van der Waals surface area contributed by atoms with Gasteiger partial charge in [-0.2, -0.15) is 11.8 Å². The molecule has 0 aromatic rings. The molecule has 1 heterocycles. The highest BCUT2D eigenvalue weighted by molar-refractivity contribution is 7.98. The van der Waals surface area contributed by atoms with Gasteiger partial charge in [0.15, 0.2) is 0 Å². The van der Waals surface area contributed by atoms with Gasteiger partial charge in [0.2, 0.25) is 0 Å². The van der Waals surface area contributed by atoms with E-state index in [-0.39, 0.29) is 0 Å². The lowest BCUT2D eigenvalue weighted by Crippen LogP contribution is -2.54. The van der Waals surface area contributed by atoms with E-state index in [1.54, 1.807) is 11.8 Å². The molecule has 0 aromatic heterocycles. The molecule has 3 N–H and O–H groups in total. The number of hydrogen-bond donors (Lipinski definition) is 3. The van der Waals surface area contributed by atoms with Crippen molar-refractivity contribution in [3.63, 3.8) is 0 Å². The number of hydrogen-bond acceptors (Lipinski definition) is 4. The van der Waals surface area contributed by atoms with E-state index in [4.69, 9.17) is 9.84 Å². The van der Waals surface area contributed by atoms with Crippen molar-refractivity contribution in [2.45, 2.75) is 31.3 Å². The number of carbonyl (C=O) groups is 2. The number of urea groups is 1. The molecule has 1 saturated heterocycles. The molecule has 0 spiro atoms. The summed E-state index contributed by atoms with van der Waals surface area (Å²) in [6.07, 6.45) is 3.05. The number of carboxylic acids is 1. The van der Waals surface area contributed by atoms with Crippen LogP contribution in [0.3, 0.4) is 0 Å². The molecule has 0 radical (unpaired) electrons. The van der Waals surface area contributed by atoms with Crippen molar-refractivity contribution in [1.82, 2.24) is 10.6 Å². The van der Waals surface area contributed by atoms with Crippen LogP contribution in [-0.2, 0) is 9.53 Å². The summed E-state index contributed by atoms with van der Waals surface area (Å²) in [6.45, 7) is 2.96. The summed E-state index contributed by atoms with van der Waals surface area (Å²) in [7, 11) is 0. The first-order valence-corrected chi connectivity index (χ1v) is 7.24. The van der Waals surface area contributed by atoms with Gasteiger partial charge < -0.3 is 20.5 Å². The van der Waals surface area contributed by atoms with Gasteiger partial charge in [-0.05, 0) is 31.8 Å². The minimum absolute atomic E-state index is 0.396. The van der Waals surface area contributed by atoms with Gasteiger partial charge >= 0.3 is 12.0 Å². The molecule has 1 unspecified atom stereocenters. The van der Waals surface area contributed by atoms with Crippen LogP contribution in [0.15, 0.2) is 0 Å². The molecule has 104 valence electrons. The largest absolute Gasteiger partial charge is 0.480 e. The molecule has 18 heavy (non-hydrogen) atoms. The first-order chi connectivity index (χ1) is 8.47. The van der Waals surface area contributed by atoms with Gasteiger partial charge in [-0.3, -0.25) is 0 Å². The number of amides is 2. The molecule has 1 aliphatic heterocycles. The van der Waals surface area contributed by atoms with Crippen LogP contribution in [0.2, 0.25) is 0 Å². The van der Waals surface area contributed by atoms with Gasteiger partial charge in [0, 0.05) is 6.61 Å². The highest BCUT2D eigenvalue weighted by Crippen LogP contribution is 2.17. The van der Waals surface area contributed by atoms with Crippen LogP contribution in [0.25, 0.3) is 0 Å². The Bertz CT molecular complexity index is 305. The highest BCUT2D eigenvalue weighted by Gasteiger charge is 2.32. The molecule has 1 aliphatic rings. The summed E-state index contributed by atoms with van der Waals surface area (Å²) in [4.78, 5) is 22.7. The standard InChI is InChI=1S/C11H20N2O4S/c1-11(4-5-17-7-11)13-10(16)12-8(9(14)15)3-6-18-2/h8H,3-7H2,1-2H3,(H,14,15)(H2,12,13,16)/t8-,11?/m1/s1. The molecule has 2 amide bonds. The summed E-state index contributed by atoms with van der Waals surface area (Å²) in [5.74, 6) is -0.315. The first-order valence-electron chi connectivity index (χ1n) is 5.85. The molecular formula is C11H20N2O4S. The summed E-state index contributed by atoms with van der Waals surface area (Å²) < 4.78 is 5.22. The fourth-order valence-corrected chi connectivity index (χ4v) is 2.20. The number of nitrogens with one attached hydrogen (secondary N) is 2. The van der Waals surface area contributed by atoms with Gasteiger partial charge in [-0.25, -0.2) is 9.59 Å². The van der Waals surface area contributed by atoms with E-state index in [2.05, 4.69) is 10.6 Å². The van der Waals surface area contributed by atoms with E-state index in [9.17, 15) is 9.59 Å². The van der Waals surface area contributed by atoms with Gasteiger partial charge in [0.25, 0.3) is 0 Å². The second kappa shape index (κ2) is 6.84. The van der Waals surface area contributed by atoms with Crippen LogP contribution in [0.5, 0.6) is 0 Å². The number of carboxylic acid groups (broad SMARTS) is 1. The highest BCUT2D eigenvalue weighted by atomic mass is 32.2. The Kier molecular flexibility index (Phi) is 5.74. The smallest absolute Gasteiger partial charge is 0.326 e. The quantitative estimate of drug-likeness (QED) is 0.663. The first kappa shape index (κ1) is 15.1. The Labute approximate surface area is 111 Å².